The summed E-state index contributed by atoms with van der Waals surface area (Å²) in [7, 11) is 1.37. The summed E-state index contributed by atoms with van der Waals surface area (Å²) < 4.78 is 33.9. The van der Waals surface area contributed by atoms with Crippen molar-refractivity contribution in [1.82, 2.24) is 4.90 Å². The van der Waals surface area contributed by atoms with E-state index < -0.39 is 6.61 Å². The predicted octanol–water partition coefficient (Wildman–Crippen LogP) is 2.28. The van der Waals surface area contributed by atoms with Crippen molar-refractivity contribution in [3.05, 3.63) is 29.8 Å². The molecule has 110 valence electrons. The lowest BCUT2D eigenvalue weighted by atomic mass is 10.1. The molecular formula is C14H17F2NO3. The van der Waals surface area contributed by atoms with E-state index in [1.807, 2.05) is 4.90 Å². The zero-order valence-electron chi connectivity index (χ0n) is 11.2. The fraction of sp³-hybridized carbons (Fsp3) is 0.500. The molecule has 1 saturated heterocycles. The monoisotopic (exact) mass is 285 g/mol. The van der Waals surface area contributed by atoms with Gasteiger partial charge in [0.2, 0.25) is 0 Å². The molecule has 0 saturated carbocycles. The van der Waals surface area contributed by atoms with Crippen molar-refractivity contribution in [2.24, 2.45) is 5.92 Å². The van der Waals surface area contributed by atoms with Gasteiger partial charge in [-0.3, -0.25) is 9.69 Å². The molecule has 1 unspecified atom stereocenters. The van der Waals surface area contributed by atoms with Crippen molar-refractivity contribution in [1.29, 1.82) is 0 Å². The lowest BCUT2D eigenvalue weighted by Gasteiger charge is -2.18. The Labute approximate surface area is 116 Å². The SMILES string of the molecule is COC(=O)C1CCN(Cc2ccccc2OC(F)F)C1. The van der Waals surface area contributed by atoms with Crippen LogP contribution in [0.15, 0.2) is 24.3 Å². The average Bonchev–Trinajstić information content (AvgIpc) is 2.88. The minimum atomic E-state index is -2.84. The molecule has 4 nitrogen and oxygen atoms in total. The molecule has 2 rings (SSSR count). The minimum absolute atomic E-state index is 0.136. The summed E-state index contributed by atoms with van der Waals surface area (Å²) in [6.45, 7) is -1.04. The highest BCUT2D eigenvalue weighted by atomic mass is 19.3. The molecule has 0 bridgehead atoms. The van der Waals surface area contributed by atoms with Gasteiger partial charge in [-0.05, 0) is 19.0 Å². The Morgan fingerprint density at radius 3 is 2.90 bits per heavy atom. The molecular weight excluding hydrogens is 268 g/mol. The quantitative estimate of drug-likeness (QED) is 0.778. The van der Waals surface area contributed by atoms with E-state index in [0.29, 0.717) is 18.7 Å². The third kappa shape index (κ3) is 3.66. The van der Waals surface area contributed by atoms with Crippen LogP contribution in [-0.2, 0) is 16.1 Å². The van der Waals surface area contributed by atoms with Crippen LogP contribution in [0, 0.1) is 5.92 Å². The number of carbonyl (C=O) groups excluding carboxylic acids is 1. The third-order valence-corrected chi connectivity index (χ3v) is 3.39. The van der Waals surface area contributed by atoms with Crippen molar-refractivity contribution in [2.45, 2.75) is 19.6 Å². The second-order valence-corrected chi connectivity index (χ2v) is 4.73. The Hall–Kier alpha value is -1.69. The summed E-state index contributed by atoms with van der Waals surface area (Å²) in [5, 5.41) is 0. The summed E-state index contributed by atoms with van der Waals surface area (Å²) in [6.07, 6.45) is 0.727. The number of para-hydroxylation sites is 1. The zero-order chi connectivity index (χ0) is 14.5. The molecule has 0 N–H and O–H groups in total. The van der Waals surface area contributed by atoms with Gasteiger partial charge >= 0.3 is 12.6 Å². The normalized spacial score (nSPS) is 19.3. The molecule has 0 amide bonds. The fourth-order valence-corrected chi connectivity index (χ4v) is 2.42. The van der Waals surface area contributed by atoms with Crippen LogP contribution in [0.25, 0.3) is 0 Å². The second kappa shape index (κ2) is 6.65. The van der Waals surface area contributed by atoms with E-state index in [1.165, 1.54) is 13.2 Å². The number of rotatable bonds is 5. The number of hydrogen-bond donors (Lipinski definition) is 0. The molecule has 1 fully saturated rings. The first-order valence-electron chi connectivity index (χ1n) is 6.43. The first kappa shape index (κ1) is 14.7. The Morgan fingerprint density at radius 2 is 2.20 bits per heavy atom. The van der Waals surface area contributed by atoms with Crippen LogP contribution in [-0.4, -0.2) is 37.7 Å². The van der Waals surface area contributed by atoms with E-state index in [9.17, 15) is 13.6 Å². The number of ether oxygens (including phenoxy) is 2. The second-order valence-electron chi connectivity index (χ2n) is 4.73. The maximum atomic E-state index is 12.3. The van der Waals surface area contributed by atoms with Gasteiger partial charge in [0.15, 0.2) is 0 Å². The van der Waals surface area contributed by atoms with Crippen LogP contribution >= 0.6 is 0 Å². The number of esters is 1. The molecule has 1 aliphatic rings. The number of likely N-dealkylation sites (tertiary alicyclic amines) is 1. The van der Waals surface area contributed by atoms with Crippen LogP contribution in [0.2, 0.25) is 0 Å². The molecule has 0 spiro atoms. The predicted molar refractivity (Wildman–Crippen MR) is 68.5 cm³/mol. The van der Waals surface area contributed by atoms with E-state index in [-0.39, 0.29) is 17.6 Å². The number of halogens is 2. The molecule has 0 aliphatic carbocycles. The lowest BCUT2D eigenvalue weighted by molar-refractivity contribution is -0.144. The van der Waals surface area contributed by atoms with Crippen LogP contribution < -0.4 is 4.74 Å². The van der Waals surface area contributed by atoms with E-state index in [1.54, 1.807) is 18.2 Å². The van der Waals surface area contributed by atoms with Gasteiger partial charge in [-0.25, -0.2) is 0 Å². The molecule has 1 heterocycles. The van der Waals surface area contributed by atoms with Gasteiger partial charge in [-0.15, -0.1) is 0 Å². The zero-order valence-corrected chi connectivity index (χ0v) is 11.2. The van der Waals surface area contributed by atoms with E-state index in [0.717, 1.165) is 13.0 Å². The Balaban J connectivity index is 1.99. The smallest absolute Gasteiger partial charge is 0.387 e. The highest BCUT2D eigenvalue weighted by molar-refractivity contribution is 5.72. The molecule has 20 heavy (non-hydrogen) atoms. The van der Waals surface area contributed by atoms with Crippen molar-refractivity contribution < 1.29 is 23.0 Å². The van der Waals surface area contributed by atoms with Crippen molar-refractivity contribution in [3.63, 3.8) is 0 Å². The summed E-state index contributed by atoms with van der Waals surface area (Å²) in [4.78, 5) is 13.5. The van der Waals surface area contributed by atoms with Crippen molar-refractivity contribution in [2.75, 3.05) is 20.2 Å². The highest BCUT2D eigenvalue weighted by Gasteiger charge is 2.29. The maximum Gasteiger partial charge on any atom is 0.387 e. The van der Waals surface area contributed by atoms with Crippen molar-refractivity contribution in [3.8, 4) is 5.75 Å². The molecule has 1 aromatic carbocycles. The van der Waals surface area contributed by atoms with Crippen LogP contribution in [0.3, 0.4) is 0 Å². The van der Waals surface area contributed by atoms with E-state index in [2.05, 4.69) is 4.74 Å². The topological polar surface area (TPSA) is 38.8 Å². The standard InChI is InChI=1S/C14H17F2NO3/c1-19-13(18)11-6-7-17(9-11)8-10-4-2-3-5-12(10)20-14(15)16/h2-5,11,14H,6-9H2,1H3. The van der Waals surface area contributed by atoms with Gasteiger partial charge in [-0.2, -0.15) is 8.78 Å². The lowest BCUT2D eigenvalue weighted by Crippen LogP contribution is -2.24. The third-order valence-electron chi connectivity index (χ3n) is 3.39. The number of carbonyl (C=O) groups is 1. The average molecular weight is 285 g/mol. The number of alkyl halides is 2. The minimum Gasteiger partial charge on any atom is -0.469 e. The Bertz CT molecular complexity index is 467. The molecule has 1 aromatic rings. The largest absolute Gasteiger partial charge is 0.469 e. The van der Waals surface area contributed by atoms with E-state index >= 15 is 0 Å². The van der Waals surface area contributed by atoms with Gasteiger partial charge in [-0.1, -0.05) is 18.2 Å². The van der Waals surface area contributed by atoms with Crippen LogP contribution in [0.5, 0.6) is 5.75 Å². The van der Waals surface area contributed by atoms with Gasteiger partial charge in [0.1, 0.15) is 5.75 Å². The van der Waals surface area contributed by atoms with Gasteiger partial charge < -0.3 is 9.47 Å². The summed E-state index contributed by atoms with van der Waals surface area (Å²) in [5.41, 5.74) is 0.693. The fourth-order valence-electron chi connectivity index (χ4n) is 2.42. The molecule has 1 atom stereocenters. The first-order valence-corrected chi connectivity index (χ1v) is 6.43. The van der Waals surface area contributed by atoms with Crippen LogP contribution in [0.4, 0.5) is 8.78 Å². The van der Waals surface area contributed by atoms with Gasteiger partial charge in [0, 0.05) is 18.7 Å². The molecule has 0 radical (unpaired) electrons. The molecule has 6 heteroatoms. The van der Waals surface area contributed by atoms with Gasteiger partial charge in [0.05, 0.1) is 13.0 Å². The highest BCUT2D eigenvalue weighted by Crippen LogP contribution is 2.25. The van der Waals surface area contributed by atoms with Crippen LogP contribution in [0.1, 0.15) is 12.0 Å². The number of benzene rings is 1. The summed E-state index contributed by atoms with van der Waals surface area (Å²) in [6, 6.07) is 6.71. The number of nitrogens with zero attached hydrogens (tertiary/aromatic N) is 1. The number of methoxy groups -OCH3 is 1. The Kier molecular flexibility index (Phi) is 4.89. The van der Waals surface area contributed by atoms with E-state index in [4.69, 9.17) is 4.74 Å². The van der Waals surface area contributed by atoms with Crippen molar-refractivity contribution >= 4 is 5.97 Å². The number of hydrogen-bond acceptors (Lipinski definition) is 4. The molecule has 0 aromatic heterocycles. The Morgan fingerprint density at radius 1 is 1.45 bits per heavy atom. The van der Waals surface area contributed by atoms with Gasteiger partial charge in [0.25, 0.3) is 0 Å². The maximum absolute atomic E-state index is 12.3. The summed E-state index contributed by atoms with van der Waals surface area (Å²) in [5.74, 6) is -0.170. The first-order chi connectivity index (χ1) is 9.60. The molecule has 1 aliphatic heterocycles. The summed E-state index contributed by atoms with van der Waals surface area (Å²) >= 11 is 0.